The fourth-order valence-electron chi connectivity index (χ4n) is 1.69. The van der Waals surface area contributed by atoms with E-state index in [0.717, 1.165) is 32.5 Å². The van der Waals surface area contributed by atoms with Gasteiger partial charge in [0.15, 0.2) is 0 Å². The lowest BCUT2D eigenvalue weighted by Gasteiger charge is -2.12. The summed E-state index contributed by atoms with van der Waals surface area (Å²) in [5.74, 6) is 1.26. The number of aromatic nitrogens is 1. The van der Waals surface area contributed by atoms with E-state index in [1.807, 2.05) is 12.1 Å². The zero-order valence-electron chi connectivity index (χ0n) is 10.8. The third-order valence-corrected chi connectivity index (χ3v) is 2.75. The van der Waals surface area contributed by atoms with E-state index in [0.29, 0.717) is 11.7 Å². The van der Waals surface area contributed by atoms with Crippen LogP contribution >= 0.6 is 0 Å². The van der Waals surface area contributed by atoms with E-state index in [1.165, 1.54) is 5.56 Å². The van der Waals surface area contributed by atoms with Crippen LogP contribution in [-0.2, 0) is 11.2 Å². The number of nitrogens with one attached hydrogen (secondary N) is 1. The first-order chi connectivity index (χ1) is 8.22. The maximum atomic E-state index is 5.64. The Morgan fingerprint density at radius 2 is 2.35 bits per heavy atom. The first kappa shape index (κ1) is 13.9. The van der Waals surface area contributed by atoms with Crippen LogP contribution in [0.1, 0.15) is 18.9 Å². The van der Waals surface area contributed by atoms with E-state index in [-0.39, 0.29) is 0 Å². The number of hydrogen-bond donors (Lipinski definition) is 2. The van der Waals surface area contributed by atoms with Crippen molar-refractivity contribution in [3.05, 3.63) is 23.9 Å². The van der Waals surface area contributed by atoms with Gasteiger partial charge in [-0.2, -0.15) is 0 Å². The Labute approximate surface area is 104 Å². The summed E-state index contributed by atoms with van der Waals surface area (Å²) in [6, 6.07) is 3.98. The number of anilines is 1. The number of rotatable bonds is 8. The van der Waals surface area contributed by atoms with Crippen LogP contribution < -0.4 is 11.1 Å². The van der Waals surface area contributed by atoms with Crippen molar-refractivity contribution in [2.24, 2.45) is 5.92 Å². The summed E-state index contributed by atoms with van der Waals surface area (Å²) in [4.78, 5) is 3.99. The van der Waals surface area contributed by atoms with Crippen molar-refractivity contribution in [2.75, 3.05) is 32.5 Å². The summed E-state index contributed by atoms with van der Waals surface area (Å²) in [6.07, 6.45) is 3.98. The lowest BCUT2D eigenvalue weighted by atomic mass is 10.0. The molecule has 1 aromatic rings. The predicted molar refractivity (Wildman–Crippen MR) is 70.9 cm³/mol. The standard InChI is InChI=1S/C13H23N3O/c1-11(10-15-7-8-17-2)3-4-12-5-6-16-13(14)9-12/h5-6,9,11,15H,3-4,7-8,10H2,1-2H3,(H2,14,16). The van der Waals surface area contributed by atoms with E-state index >= 15 is 0 Å². The summed E-state index contributed by atoms with van der Waals surface area (Å²) >= 11 is 0. The Morgan fingerprint density at radius 3 is 3.06 bits per heavy atom. The molecule has 17 heavy (non-hydrogen) atoms. The van der Waals surface area contributed by atoms with E-state index in [4.69, 9.17) is 10.5 Å². The van der Waals surface area contributed by atoms with Crippen molar-refractivity contribution in [2.45, 2.75) is 19.8 Å². The van der Waals surface area contributed by atoms with E-state index in [1.54, 1.807) is 13.3 Å². The van der Waals surface area contributed by atoms with Crippen LogP contribution in [0.3, 0.4) is 0 Å². The number of methoxy groups -OCH3 is 1. The minimum atomic E-state index is 0.605. The molecule has 0 amide bonds. The van der Waals surface area contributed by atoms with Crippen LogP contribution in [0.15, 0.2) is 18.3 Å². The van der Waals surface area contributed by atoms with Crippen LogP contribution in [0.4, 0.5) is 5.82 Å². The third-order valence-electron chi connectivity index (χ3n) is 2.75. The molecule has 0 aliphatic heterocycles. The average Bonchev–Trinajstić information content (AvgIpc) is 2.32. The van der Waals surface area contributed by atoms with Gasteiger partial charge in [-0.05, 0) is 43.0 Å². The Kier molecular flexibility index (Phi) is 6.58. The molecule has 4 heteroatoms. The van der Waals surface area contributed by atoms with Gasteiger partial charge in [0.1, 0.15) is 5.82 Å². The topological polar surface area (TPSA) is 60.2 Å². The minimum Gasteiger partial charge on any atom is -0.384 e. The van der Waals surface area contributed by atoms with Crippen molar-refractivity contribution in [1.82, 2.24) is 10.3 Å². The maximum absolute atomic E-state index is 5.64. The van der Waals surface area contributed by atoms with E-state index < -0.39 is 0 Å². The van der Waals surface area contributed by atoms with Crippen LogP contribution in [0.25, 0.3) is 0 Å². The third kappa shape index (κ3) is 6.24. The van der Waals surface area contributed by atoms with Gasteiger partial charge in [-0.1, -0.05) is 6.92 Å². The molecule has 0 saturated heterocycles. The normalized spacial score (nSPS) is 12.6. The van der Waals surface area contributed by atoms with Crippen LogP contribution in [0.2, 0.25) is 0 Å². The molecule has 1 aromatic heterocycles. The van der Waals surface area contributed by atoms with Crippen LogP contribution in [0.5, 0.6) is 0 Å². The van der Waals surface area contributed by atoms with Gasteiger partial charge >= 0.3 is 0 Å². The molecule has 4 nitrogen and oxygen atoms in total. The van der Waals surface area contributed by atoms with Gasteiger partial charge < -0.3 is 15.8 Å². The molecular formula is C13H23N3O. The lowest BCUT2D eigenvalue weighted by Crippen LogP contribution is -2.25. The van der Waals surface area contributed by atoms with Crippen molar-refractivity contribution in [3.8, 4) is 0 Å². The van der Waals surface area contributed by atoms with Crippen LogP contribution in [0, 0.1) is 5.92 Å². The molecule has 1 rings (SSSR count). The monoisotopic (exact) mass is 237 g/mol. The molecule has 1 unspecified atom stereocenters. The summed E-state index contributed by atoms with van der Waals surface area (Å²) in [7, 11) is 1.72. The Bertz CT molecular complexity index is 317. The molecule has 0 aliphatic rings. The largest absolute Gasteiger partial charge is 0.384 e. The average molecular weight is 237 g/mol. The Morgan fingerprint density at radius 1 is 1.53 bits per heavy atom. The number of nitrogens with zero attached hydrogens (tertiary/aromatic N) is 1. The molecular weight excluding hydrogens is 214 g/mol. The molecule has 96 valence electrons. The number of nitrogen functional groups attached to an aromatic ring is 1. The molecule has 1 heterocycles. The number of nitrogens with two attached hydrogens (primary N) is 1. The van der Waals surface area contributed by atoms with Gasteiger partial charge in [-0.15, -0.1) is 0 Å². The Balaban J connectivity index is 2.17. The van der Waals surface area contributed by atoms with Gasteiger partial charge in [0.2, 0.25) is 0 Å². The van der Waals surface area contributed by atoms with Crippen LogP contribution in [-0.4, -0.2) is 31.8 Å². The zero-order chi connectivity index (χ0) is 12.5. The molecule has 0 fully saturated rings. The van der Waals surface area contributed by atoms with E-state index in [2.05, 4.69) is 17.2 Å². The van der Waals surface area contributed by atoms with Crippen molar-refractivity contribution in [1.29, 1.82) is 0 Å². The quantitative estimate of drug-likeness (QED) is 0.672. The molecule has 0 bridgehead atoms. The predicted octanol–water partition coefficient (Wildman–Crippen LogP) is 1.47. The molecule has 0 saturated carbocycles. The second-order valence-electron chi connectivity index (χ2n) is 4.43. The molecule has 1 atom stereocenters. The van der Waals surface area contributed by atoms with Crippen molar-refractivity contribution < 1.29 is 4.74 Å². The first-order valence-corrected chi connectivity index (χ1v) is 6.12. The SMILES string of the molecule is COCCNCC(C)CCc1ccnc(N)c1. The van der Waals surface area contributed by atoms with Gasteiger partial charge in [-0.25, -0.2) is 4.98 Å². The van der Waals surface area contributed by atoms with Gasteiger partial charge in [-0.3, -0.25) is 0 Å². The van der Waals surface area contributed by atoms with E-state index in [9.17, 15) is 0 Å². The second kappa shape index (κ2) is 8.03. The fourth-order valence-corrected chi connectivity index (χ4v) is 1.69. The number of ether oxygens (including phenoxy) is 1. The molecule has 0 aromatic carbocycles. The number of pyridine rings is 1. The highest BCUT2D eigenvalue weighted by atomic mass is 16.5. The number of hydrogen-bond acceptors (Lipinski definition) is 4. The highest BCUT2D eigenvalue weighted by Crippen LogP contribution is 2.10. The fraction of sp³-hybridized carbons (Fsp3) is 0.615. The molecule has 0 spiro atoms. The Hall–Kier alpha value is -1.13. The highest BCUT2D eigenvalue weighted by Gasteiger charge is 2.02. The number of aryl methyl sites for hydroxylation is 1. The van der Waals surface area contributed by atoms with Gasteiger partial charge in [0, 0.05) is 19.9 Å². The van der Waals surface area contributed by atoms with Gasteiger partial charge in [0.05, 0.1) is 6.61 Å². The second-order valence-corrected chi connectivity index (χ2v) is 4.43. The van der Waals surface area contributed by atoms with Crippen molar-refractivity contribution in [3.63, 3.8) is 0 Å². The summed E-state index contributed by atoms with van der Waals surface area (Å²) in [5.41, 5.74) is 6.91. The molecule has 0 aliphatic carbocycles. The maximum Gasteiger partial charge on any atom is 0.123 e. The molecule has 3 N–H and O–H groups in total. The first-order valence-electron chi connectivity index (χ1n) is 6.12. The van der Waals surface area contributed by atoms with Crippen molar-refractivity contribution >= 4 is 5.82 Å². The molecule has 0 radical (unpaired) electrons. The minimum absolute atomic E-state index is 0.605. The van der Waals surface area contributed by atoms with Gasteiger partial charge in [0.25, 0.3) is 0 Å². The summed E-state index contributed by atoms with van der Waals surface area (Å²) in [5, 5.41) is 3.37. The summed E-state index contributed by atoms with van der Waals surface area (Å²) < 4.78 is 4.98. The lowest BCUT2D eigenvalue weighted by molar-refractivity contribution is 0.198. The summed E-state index contributed by atoms with van der Waals surface area (Å²) in [6.45, 7) is 4.98. The highest BCUT2D eigenvalue weighted by molar-refractivity contribution is 5.31. The zero-order valence-corrected chi connectivity index (χ0v) is 10.8. The smallest absolute Gasteiger partial charge is 0.123 e.